The van der Waals surface area contributed by atoms with Gasteiger partial charge in [0.25, 0.3) is 5.91 Å². The Bertz CT molecular complexity index is 840. The van der Waals surface area contributed by atoms with E-state index in [9.17, 15) is 4.79 Å². The molecule has 0 aliphatic rings. The Kier molecular flexibility index (Phi) is 5.67. The number of carbonyl (C=O) groups excluding carboxylic acids is 1. The molecule has 1 unspecified atom stereocenters. The number of carbonyl (C=O) groups is 1. The Morgan fingerprint density at radius 3 is 2.80 bits per heavy atom. The zero-order valence-corrected chi connectivity index (χ0v) is 16.2. The highest BCUT2D eigenvalue weighted by Crippen LogP contribution is 2.31. The Labute approximate surface area is 159 Å². The maximum absolute atomic E-state index is 12.6. The number of nitrogens with zero attached hydrogens (tertiary/aromatic N) is 2. The third-order valence-electron chi connectivity index (χ3n) is 3.94. The zero-order chi connectivity index (χ0) is 17.8. The van der Waals surface area contributed by atoms with E-state index in [-0.39, 0.29) is 11.9 Å². The largest absolute Gasteiger partial charge is 0.347 e. The van der Waals surface area contributed by atoms with Crippen LogP contribution in [-0.2, 0) is 13.5 Å². The van der Waals surface area contributed by atoms with E-state index in [4.69, 9.17) is 5.73 Å². The smallest absolute Gasteiger partial charge is 0.261 e. The van der Waals surface area contributed by atoms with Gasteiger partial charge in [0.05, 0.1) is 21.2 Å². The normalized spacial score (nSPS) is 12.1. The van der Waals surface area contributed by atoms with E-state index >= 15 is 0 Å². The molecule has 0 bridgehead atoms. The van der Waals surface area contributed by atoms with Crippen LogP contribution in [-0.4, -0.2) is 28.3 Å². The first-order chi connectivity index (χ1) is 12.1. The van der Waals surface area contributed by atoms with Crippen LogP contribution >= 0.6 is 27.3 Å². The number of aromatic nitrogens is 2. The van der Waals surface area contributed by atoms with E-state index in [2.05, 4.69) is 26.3 Å². The van der Waals surface area contributed by atoms with Crippen LogP contribution in [0, 0.1) is 0 Å². The number of rotatable bonds is 6. The predicted molar refractivity (Wildman–Crippen MR) is 105 cm³/mol. The van der Waals surface area contributed by atoms with E-state index in [0.29, 0.717) is 17.8 Å². The summed E-state index contributed by atoms with van der Waals surface area (Å²) in [4.78, 5) is 13.2. The summed E-state index contributed by atoms with van der Waals surface area (Å²) < 4.78 is 2.69. The highest BCUT2D eigenvalue weighted by atomic mass is 79.9. The third kappa shape index (κ3) is 4.18. The molecule has 0 aliphatic heterocycles. The minimum atomic E-state index is -0.0964. The number of aryl methyl sites for hydroxylation is 1. The van der Waals surface area contributed by atoms with Crippen LogP contribution in [0.4, 0.5) is 0 Å². The predicted octanol–water partition coefficient (Wildman–Crippen LogP) is 3.21. The molecule has 0 spiro atoms. The van der Waals surface area contributed by atoms with Crippen molar-refractivity contribution in [2.24, 2.45) is 12.8 Å². The molecular weight excluding hydrogens is 400 g/mol. The average Bonchev–Trinajstić information content (AvgIpc) is 3.22. The molecule has 0 saturated carbocycles. The quantitative estimate of drug-likeness (QED) is 0.645. The number of nitrogens with two attached hydrogens (primary N) is 1. The highest BCUT2D eigenvalue weighted by Gasteiger charge is 2.17. The topological polar surface area (TPSA) is 72.9 Å². The van der Waals surface area contributed by atoms with Gasteiger partial charge in [0.15, 0.2) is 0 Å². The highest BCUT2D eigenvalue weighted by molar-refractivity contribution is 9.10. The third-order valence-corrected chi connectivity index (χ3v) is 5.44. The van der Waals surface area contributed by atoms with Gasteiger partial charge in [0.1, 0.15) is 0 Å². The molecule has 0 aliphatic carbocycles. The van der Waals surface area contributed by atoms with Gasteiger partial charge in [-0.1, -0.05) is 30.3 Å². The molecule has 130 valence electrons. The molecule has 2 aromatic heterocycles. The van der Waals surface area contributed by atoms with Crippen molar-refractivity contribution in [2.45, 2.75) is 12.5 Å². The summed E-state index contributed by atoms with van der Waals surface area (Å²) in [5.41, 5.74) is 8.92. The first-order valence-corrected chi connectivity index (χ1v) is 9.57. The van der Waals surface area contributed by atoms with Crippen LogP contribution < -0.4 is 11.1 Å². The van der Waals surface area contributed by atoms with Crippen molar-refractivity contribution in [2.75, 3.05) is 6.54 Å². The average molecular weight is 419 g/mol. The van der Waals surface area contributed by atoms with Crippen LogP contribution in [0.5, 0.6) is 0 Å². The van der Waals surface area contributed by atoms with Crippen molar-refractivity contribution < 1.29 is 4.79 Å². The fourth-order valence-corrected chi connectivity index (χ4v) is 4.04. The first-order valence-electron chi connectivity index (χ1n) is 7.89. The summed E-state index contributed by atoms with van der Waals surface area (Å²) in [6, 6.07) is 11.8. The number of benzene rings is 1. The van der Waals surface area contributed by atoms with Gasteiger partial charge < -0.3 is 11.1 Å². The number of hydrogen-bond donors (Lipinski definition) is 2. The molecule has 3 aromatic rings. The molecule has 1 amide bonds. The molecule has 1 atom stereocenters. The van der Waals surface area contributed by atoms with Gasteiger partial charge in [-0.25, -0.2) is 0 Å². The second kappa shape index (κ2) is 7.95. The molecule has 2 heterocycles. The van der Waals surface area contributed by atoms with Gasteiger partial charge in [0.2, 0.25) is 0 Å². The summed E-state index contributed by atoms with van der Waals surface area (Å²) in [5, 5.41) is 9.21. The molecule has 3 N–H and O–H groups in total. The van der Waals surface area contributed by atoms with Crippen LogP contribution in [0.1, 0.15) is 15.2 Å². The molecule has 7 heteroatoms. The van der Waals surface area contributed by atoms with Crippen molar-refractivity contribution in [3.63, 3.8) is 0 Å². The summed E-state index contributed by atoms with van der Waals surface area (Å²) in [6.45, 7) is 0.395. The SMILES string of the molecule is Cn1ncc(Br)c1-c1csc(C(=O)NC(CN)Cc2ccccc2)c1. The Morgan fingerprint density at radius 2 is 2.16 bits per heavy atom. The minimum absolute atomic E-state index is 0.0936. The fraction of sp³-hybridized carbons (Fsp3) is 0.222. The van der Waals surface area contributed by atoms with E-state index in [0.717, 1.165) is 21.3 Å². The molecule has 3 rings (SSSR count). The van der Waals surface area contributed by atoms with Gasteiger partial charge in [-0.3, -0.25) is 9.48 Å². The number of halogens is 1. The Balaban J connectivity index is 1.71. The zero-order valence-electron chi connectivity index (χ0n) is 13.8. The number of thiophene rings is 1. The van der Waals surface area contributed by atoms with Crippen molar-refractivity contribution >= 4 is 33.2 Å². The van der Waals surface area contributed by atoms with Crippen molar-refractivity contribution in [3.8, 4) is 11.3 Å². The van der Waals surface area contributed by atoms with Crippen molar-refractivity contribution in [3.05, 3.63) is 62.9 Å². The standard InChI is InChI=1S/C18H19BrN4OS/c1-23-17(15(19)10-21-23)13-8-16(25-11-13)18(24)22-14(9-20)7-12-5-3-2-4-6-12/h2-6,8,10-11,14H,7,9,20H2,1H3,(H,22,24). The van der Waals surface area contributed by atoms with Crippen molar-refractivity contribution in [1.29, 1.82) is 0 Å². The van der Waals surface area contributed by atoms with E-state index in [1.807, 2.05) is 48.8 Å². The monoisotopic (exact) mass is 418 g/mol. The van der Waals surface area contributed by atoms with Gasteiger partial charge in [-0.2, -0.15) is 5.10 Å². The molecule has 1 aromatic carbocycles. The molecule has 5 nitrogen and oxygen atoms in total. The summed E-state index contributed by atoms with van der Waals surface area (Å²) in [7, 11) is 1.88. The maximum Gasteiger partial charge on any atom is 0.261 e. The van der Waals surface area contributed by atoms with Crippen LogP contribution in [0.25, 0.3) is 11.3 Å². The van der Waals surface area contributed by atoms with Gasteiger partial charge >= 0.3 is 0 Å². The summed E-state index contributed by atoms with van der Waals surface area (Å²) in [6.07, 6.45) is 2.46. The second-order valence-electron chi connectivity index (χ2n) is 5.76. The lowest BCUT2D eigenvalue weighted by atomic mass is 10.1. The second-order valence-corrected chi connectivity index (χ2v) is 7.53. The molecular formula is C18H19BrN4OS. The van der Waals surface area contributed by atoms with Crippen LogP contribution in [0.2, 0.25) is 0 Å². The van der Waals surface area contributed by atoms with Crippen LogP contribution in [0.3, 0.4) is 0 Å². The van der Waals surface area contributed by atoms with E-state index < -0.39 is 0 Å². The lowest BCUT2D eigenvalue weighted by molar-refractivity contribution is 0.0942. The van der Waals surface area contributed by atoms with Gasteiger partial charge in [-0.05, 0) is 34.0 Å². The Hall–Kier alpha value is -1.96. The number of amides is 1. The maximum atomic E-state index is 12.6. The number of hydrogen-bond acceptors (Lipinski definition) is 4. The van der Waals surface area contributed by atoms with Gasteiger partial charge in [-0.15, -0.1) is 11.3 Å². The van der Waals surface area contributed by atoms with E-state index in [1.54, 1.807) is 10.9 Å². The van der Waals surface area contributed by atoms with Gasteiger partial charge in [0, 0.05) is 30.6 Å². The van der Waals surface area contributed by atoms with E-state index in [1.165, 1.54) is 11.3 Å². The number of nitrogens with one attached hydrogen (secondary N) is 1. The van der Waals surface area contributed by atoms with Crippen LogP contribution in [0.15, 0.2) is 52.4 Å². The fourth-order valence-electron chi connectivity index (χ4n) is 2.66. The molecule has 25 heavy (non-hydrogen) atoms. The Morgan fingerprint density at radius 1 is 1.40 bits per heavy atom. The lowest BCUT2D eigenvalue weighted by Crippen LogP contribution is -2.41. The van der Waals surface area contributed by atoms with Crippen molar-refractivity contribution in [1.82, 2.24) is 15.1 Å². The first kappa shape index (κ1) is 17.8. The lowest BCUT2D eigenvalue weighted by Gasteiger charge is -2.16. The minimum Gasteiger partial charge on any atom is -0.347 e. The molecule has 0 saturated heterocycles. The summed E-state index contributed by atoms with van der Waals surface area (Å²) in [5.74, 6) is -0.0964. The molecule has 0 radical (unpaired) electrons. The molecule has 0 fully saturated rings. The summed E-state index contributed by atoms with van der Waals surface area (Å²) >= 11 is 4.91.